The highest BCUT2D eigenvalue weighted by Gasteiger charge is 2.18. The lowest BCUT2D eigenvalue weighted by atomic mass is 10.3. The molecule has 0 saturated heterocycles. The number of carbonyl (C=O) groups is 1. The maximum absolute atomic E-state index is 11.0. The summed E-state index contributed by atoms with van der Waals surface area (Å²) in [5.74, 6) is -0.285. The molecular weight excluding hydrogens is 170 g/mol. The van der Waals surface area contributed by atoms with Crippen molar-refractivity contribution in [1.29, 1.82) is 5.26 Å². The SMILES string of the molecule is COC(=O)/C(C#N)=C1\NC=C(C)N1. The summed E-state index contributed by atoms with van der Waals surface area (Å²) < 4.78 is 4.43. The second-order valence-corrected chi connectivity index (χ2v) is 2.45. The Morgan fingerprint density at radius 3 is 2.77 bits per heavy atom. The molecule has 0 fully saturated rings. The first-order valence-electron chi connectivity index (χ1n) is 3.62. The summed E-state index contributed by atoms with van der Waals surface area (Å²) in [6, 6.07) is 1.76. The number of nitrogens with zero attached hydrogens (tertiary/aromatic N) is 1. The Balaban J connectivity index is 2.91. The molecule has 0 spiro atoms. The summed E-state index contributed by atoms with van der Waals surface area (Å²) in [5.41, 5.74) is 0.780. The van der Waals surface area contributed by atoms with Gasteiger partial charge in [-0.3, -0.25) is 0 Å². The van der Waals surface area contributed by atoms with Crippen LogP contribution in [0, 0.1) is 11.3 Å². The summed E-state index contributed by atoms with van der Waals surface area (Å²) in [5, 5.41) is 14.2. The van der Waals surface area contributed by atoms with Gasteiger partial charge in [-0.2, -0.15) is 5.26 Å². The first kappa shape index (κ1) is 9.13. The molecule has 0 unspecified atom stereocenters. The van der Waals surface area contributed by atoms with Gasteiger partial charge >= 0.3 is 5.97 Å². The van der Waals surface area contributed by atoms with Gasteiger partial charge in [0.25, 0.3) is 0 Å². The zero-order valence-electron chi connectivity index (χ0n) is 7.34. The number of esters is 1. The Bertz CT molecular complexity index is 336. The van der Waals surface area contributed by atoms with Crippen LogP contribution in [0.4, 0.5) is 0 Å². The second kappa shape index (κ2) is 3.63. The molecule has 1 rings (SSSR count). The smallest absolute Gasteiger partial charge is 0.352 e. The second-order valence-electron chi connectivity index (χ2n) is 2.45. The fraction of sp³-hybridized carbons (Fsp3) is 0.250. The molecule has 5 heteroatoms. The Kier molecular flexibility index (Phi) is 2.55. The van der Waals surface area contributed by atoms with E-state index < -0.39 is 5.97 Å². The van der Waals surface area contributed by atoms with Crippen molar-refractivity contribution in [1.82, 2.24) is 10.6 Å². The standard InChI is InChI=1S/C8H9N3O2/c1-5-4-10-7(11-5)6(3-9)8(12)13-2/h4,10-11H,1-2H3/b7-6+. The van der Waals surface area contributed by atoms with E-state index in [2.05, 4.69) is 15.4 Å². The van der Waals surface area contributed by atoms with Crippen molar-refractivity contribution in [2.75, 3.05) is 7.11 Å². The Morgan fingerprint density at radius 1 is 1.69 bits per heavy atom. The average molecular weight is 179 g/mol. The third-order valence-corrected chi connectivity index (χ3v) is 1.51. The van der Waals surface area contributed by atoms with Crippen molar-refractivity contribution in [2.45, 2.75) is 6.92 Å². The van der Waals surface area contributed by atoms with E-state index in [-0.39, 0.29) is 5.57 Å². The normalized spacial score (nSPS) is 17.8. The molecule has 1 aliphatic heterocycles. The first-order chi connectivity index (χ1) is 6.19. The average Bonchev–Trinajstić information content (AvgIpc) is 2.53. The van der Waals surface area contributed by atoms with Crippen molar-refractivity contribution in [3.63, 3.8) is 0 Å². The lowest BCUT2D eigenvalue weighted by Crippen LogP contribution is -2.19. The van der Waals surface area contributed by atoms with E-state index in [0.717, 1.165) is 5.70 Å². The van der Waals surface area contributed by atoms with Crippen molar-refractivity contribution in [2.24, 2.45) is 0 Å². The highest BCUT2D eigenvalue weighted by molar-refractivity contribution is 5.93. The molecular formula is C8H9N3O2. The van der Waals surface area contributed by atoms with Gasteiger partial charge in [0, 0.05) is 11.9 Å². The molecule has 1 aliphatic rings. The van der Waals surface area contributed by atoms with E-state index in [4.69, 9.17) is 5.26 Å². The molecule has 2 N–H and O–H groups in total. The van der Waals surface area contributed by atoms with Crippen molar-refractivity contribution >= 4 is 5.97 Å². The summed E-state index contributed by atoms with van der Waals surface area (Å²) in [7, 11) is 1.23. The number of rotatable bonds is 1. The minimum Gasteiger partial charge on any atom is -0.465 e. The number of hydrogen-bond donors (Lipinski definition) is 2. The number of carbonyl (C=O) groups excluding carboxylic acids is 1. The maximum atomic E-state index is 11.0. The molecule has 5 nitrogen and oxygen atoms in total. The fourth-order valence-electron chi connectivity index (χ4n) is 0.890. The van der Waals surface area contributed by atoms with E-state index >= 15 is 0 Å². The van der Waals surface area contributed by atoms with Crippen LogP contribution in [-0.2, 0) is 9.53 Å². The topological polar surface area (TPSA) is 74.2 Å². The highest BCUT2D eigenvalue weighted by atomic mass is 16.5. The monoisotopic (exact) mass is 179 g/mol. The number of ether oxygens (including phenoxy) is 1. The van der Waals surface area contributed by atoms with Crippen LogP contribution in [0.1, 0.15) is 6.92 Å². The molecule has 0 aromatic rings. The van der Waals surface area contributed by atoms with Crippen LogP contribution >= 0.6 is 0 Å². The van der Waals surface area contributed by atoms with Gasteiger partial charge in [-0.15, -0.1) is 0 Å². The van der Waals surface area contributed by atoms with Crippen LogP contribution in [0.2, 0.25) is 0 Å². The highest BCUT2D eigenvalue weighted by Crippen LogP contribution is 2.07. The van der Waals surface area contributed by atoms with Gasteiger partial charge in [0.05, 0.1) is 7.11 Å². The van der Waals surface area contributed by atoms with E-state index in [0.29, 0.717) is 5.82 Å². The summed E-state index contributed by atoms with van der Waals surface area (Å²) in [6.07, 6.45) is 1.66. The molecule has 0 saturated carbocycles. The van der Waals surface area contributed by atoms with Crippen LogP contribution in [0.15, 0.2) is 23.3 Å². The summed E-state index contributed by atoms with van der Waals surface area (Å²) in [4.78, 5) is 11.0. The summed E-state index contributed by atoms with van der Waals surface area (Å²) in [6.45, 7) is 1.81. The third-order valence-electron chi connectivity index (χ3n) is 1.51. The molecule has 0 radical (unpaired) electrons. The fourth-order valence-corrected chi connectivity index (χ4v) is 0.890. The lowest BCUT2D eigenvalue weighted by molar-refractivity contribution is -0.135. The number of nitriles is 1. The minimum absolute atomic E-state index is 0.0596. The molecule has 68 valence electrons. The maximum Gasteiger partial charge on any atom is 0.352 e. The molecule has 13 heavy (non-hydrogen) atoms. The minimum atomic E-state index is -0.652. The Labute approximate surface area is 75.7 Å². The van der Waals surface area contributed by atoms with Crippen molar-refractivity contribution in [3.05, 3.63) is 23.3 Å². The predicted molar refractivity (Wildman–Crippen MR) is 44.7 cm³/mol. The molecule has 0 bridgehead atoms. The van der Waals surface area contributed by atoms with Gasteiger partial charge in [0.2, 0.25) is 0 Å². The first-order valence-corrected chi connectivity index (χ1v) is 3.62. The van der Waals surface area contributed by atoms with E-state index in [1.54, 1.807) is 12.3 Å². The van der Waals surface area contributed by atoms with Gasteiger partial charge in [0.1, 0.15) is 11.9 Å². The lowest BCUT2D eigenvalue weighted by Gasteiger charge is -2.03. The van der Waals surface area contributed by atoms with E-state index in [1.807, 2.05) is 6.92 Å². The van der Waals surface area contributed by atoms with Crippen LogP contribution < -0.4 is 10.6 Å². The predicted octanol–water partition coefficient (Wildman–Crippen LogP) is -0.0513. The van der Waals surface area contributed by atoms with Crippen LogP contribution in [-0.4, -0.2) is 13.1 Å². The third kappa shape index (κ3) is 1.79. The summed E-state index contributed by atoms with van der Waals surface area (Å²) >= 11 is 0. The van der Waals surface area contributed by atoms with Crippen LogP contribution in [0.5, 0.6) is 0 Å². The van der Waals surface area contributed by atoms with Gasteiger partial charge in [-0.1, -0.05) is 0 Å². The zero-order valence-corrected chi connectivity index (χ0v) is 7.34. The van der Waals surface area contributed by atoms with Crippen LogP contribution in [0.25, 0.3) is 0 Å². The van der Waals surface area contributed by atoms with Crippen molar-refractivity contribution < 1.29 is 9.53 Å². The largest absolute Gasteiger partial charge is 0.465 e. The zero-order chi connectivity index (χ0) is 9.84. The number of methoxy groups -OCH3 is 1. The molecule has 0 amide bonds. The molecule has 0 atom stereocenters. The molecule has 0 aliphatic carbocycles. The number of allylic oxidation sites excluding steroid dienone is 1. The van der Waals surface area contributed by atoms with Crippen LogP contribution in [0.3, 0.4) is 0 Å². The molecule has 0 aromatic heterocycles. The van der Waals surface area contributed by atoms with Gasteiger partial charge in [0.15, 0.2) is 5.57 Å². The Hall–Kier alpha value is -1.96. The van der Waals surface area contributed by atoms with Gasteiger partial charge in [-0.05, 0) is 6.92 Å². The van der Waals surface area contributed by atoms with Crippen molar-refractivity contribution in [3.8, 4) is 6.07 Å². The van der Waals surface area contributed by atoms with Gasteiger partial charge in [-0.25, -0.2) is 4.79 Å². The number of nitrogens with one attached hydrogen (secondary N) is 2. The quantitative estimate of drug-likeness (QED) is 0.335. The van der Waals surface area contributed by atoms with E-state index in [1.165, 1.54) is 7.11 Å². The molecule has 0 aromatic carbocycles. The number of hydrogen-bond acceptors (Lipinski definition) is 5. The van der Waals surface area contributed by atoms with E-state index in [9.17, 15) is 4.79 Å². The van der Waals surface area contributed by atoms with Gasteiger partial charge < -0.3 is 15.4 Å². The Morgan fingerprint density at radius 2 is 2.38 bits per heavy atom. The molecule has 1 heterocycles.